The molecular weight excluding hydrogens is 370 g/mol. The Bertz CT molecular complexity index is 1050. The molecule has 1 N–H and O–H groups in total. The van der Waals surface area contributed by atoms with Crippen LogP contribution in [0.2, 0.25) is 0 Å². The predicted molar refractivity (Wildman–Crippen MR) is 109 cm³/mol. The number of ether oxygens (including phenoxy) is 2. The van der Waals surface area contributed by atoms with E-state index >= 15 is 0 Å². The van der Waals surface area contributed by atoms with Gasteiger partial charge in [-0.25, -0.2) is 9.79 Å². The Morgan fingerprint density at radius 1 is 1.24 bits per heavy atom. The van der Waals surface area contributed by atoms with Crippen molar-refractivity contribution >= 4 is 24.6 Å². The molecule has 1 atom stereocenters. The van der Waals surface area contributed by atoms with Gasteiger partial charge in [-0.15, -0.1) is 0 Å². The molecule has 3 aliphatic rings. The van der Waals surface area contributed by atoms with Crippen molar-refractivity contribution in [1.29, 1.82) is 0 Å². The zero-order chi connectivity index (χ0) is 20.1. The summed E-state index contributed by atoms with van der Waals surface area (Å²) in [5.41, 5.74) is 1.41. The average molecular weight is 391 g/mol. The van der Waals surface area contributed by atoms with Crippen LogP contribution in [0.25, 0.3) is 12.3 Å². The average Bonchev–Trinajstić information content (AvgIpc) is 3.31. The topological polar surface area (TPSA) is 74.6 Å². The van der Waals surface area contributed by atoms with Gasteiger partial charge >= 0.3 is 5.97 Å². The first-order chi connectivity index (χ1) is 14.2. The standard InChI is InChI=1S/C22H21N3O4/c26-22(27)21-11-19-13-25(21)9-8-23-15-28-10-3-1-2-5-17-6-4-7-18-12-24(16-29-19)14-20(17)18/h1-11,14-15,19H,12-13,16H2,(H,26,27)/b2-1-,9-8-,10-3-,17-5-,23-15?. The van der Waals surface area contributed by atoms with Gasteiger partial charge in [-0.2, -0.15) is 0 Å². The Labute approximate surface area is 168 Å². The Morgan fingerprint density at radius 2 is 2.17 bits per heavy atom. The van der Waals surface area contributed by atoms with Crippen molar-refractivity contribution in [2.45, 2.75) is 12.6 Å². The van der Waals surface area contributed by atoms with Gasteiger partial charge in [0.05, 0.1) is 18.9 Å². The van der Waals surface area contributed by atoms with Gasteiger partial charge in [0.2, 0.25) is 0 Å². The SMILES string of the molecule is O=C(O)C1=CC2CN1/C=C\N=CO\C=C/C=C\C=c1\cccc3c1=CN(CO2)C3. The van der Waals surface area contributed by atoms with E-state index in [9.17, 15) is 9.90 Å². The zero-order valence-corrected chi connectivity index (χ0v) is 15.7. The maximum absolute atomic E-state index is 11.5. The molecule has 0 aliphatic carbocycles. The van der Waals surface area contributed by atoms with E-state index in [1.54, 1.807) is 23.3 Å². The fraction of sp³-hybridized carbons (Fsp3) is 0.182. The van der Waals surface area contributed by atoms with E-state index in [2.05, 4.69) is 28.2 Å². The van der Waals surface area contributed by atoms with Crippen molar-refractivity contribution in [3.8, 4) is 0 Å². The molecule has 4 rings (SSSR count). The molecule has 1 unspecified atom stereocenters. The molecule has 7 nitrogen and oxygen atoms in total. The van der Waals surface area contributed by atoms with Crippen LogP contribution >= 0.6 is 0 Å². The molecule has 0 aromatic heterocycles. The van der Waals surface area contributed by atoms with Crippen LogP contribution in [0.5, 0.6) is 0 Å². The molecule has 148 valence electrons. The smallest absolute Gasteiger partial charge is 0.352 e. The number of allylic oxidation sites excluding steroid dienone is 3. The van der Waals surface area contributed by atoms with E-state index in [-0.39, 0.29) is 11.8 Å². The van der Waals surface area contributed by atoms with E-state index in [0.717, 1.165) is 11.8 Å². The number of nitrogens with zero attached hydrogens (tertiary/aromatic N) is 3. The number of aliphatic carboxylic acids is 1. The first kappa shape index (κ1) is 18.8. The largest absolute Gasteiger partial charge is 0.477 e. The summed E-state index contributed by atoms with van der Waals surface area (Å²) < 4.78 is 11.1. The molecular formula is C22H21N3O4. The molecule has 1 aromatic rings. The Balaban J connectivity index is 1.62. The van der Waals surface area contributed by atoms with Crippen LogP contribution in [0, 0.1) is 0 Å². The zero-order valence-electron chi connectivity index (χ0n) is 15.7. The predicted octanol–water partition coefficient (Wildman–Crippen LogP) is 1.25. The maximum Gasteiger partial charge on any atom is 0.352 e. The molecule has 3 heterocycles. The van der Waals surface area contributed by atoms with Crippen LogP contribution in [0.15, 0.2) is 71.9 Å². The van der Waals surface area contributed by atoms with Gasteiger partial charge in [0.25, 0.3) is 0 Å². The highest BCUT2D eigenvalue weighted by Crippen LogP contribution is 2.19. The van der Waals surface area contributed by atoms with Crippen LogP contribution in [0.4, 0.5) is 0 Å². The second kappa shape index (κ2) is 8.62. The molecule has 0 spiro atoms. The van der Waals surface area contributed by atoms with Crippen LogP contribution in [-0.4, -0.2) is 46.7 Å². The van der Waals surface area contributed by atoms with E-state index in [1.165, 1.54) is 29.6 Å². The van der Waals surface area contributed by atoms with Gasteiger partial charge in [-0.1, -0.05) is 36.4 Å². The summed E-state index contributed by atoms with van der Waals surface area (Å²) in [5, 5.41) is 11.7. The molecule has 1 aromatic carbocycles. The summed E-state index contributed by atoms with van der Waals surface area (Å²) in [7, 11) is 0. The first-order valence-electron chi connectivity index (χ1n) is 9.25. The Kier molecular flexibility index (Phi) is 5.58. The fourth-order valence-electron chi connectivity index (χ4n) is 3.39. The summed E-state index contributed by atoms with van der Waals surface area (Å²) in [6.45, 7) is 1.55. The number of carboxylic acids is 1. The highest BCUT2D eigenvalue weighted by atomic mass is 16.5. The maximum atomic E-state index is 11.5. The number of hydrogen-bond acceptors (Lipinski definition) is 6. The third-order valence-electron chi connectivity index (χ3n) is 4.73. The lowest BCUT2D eigenvalue weighted by Crippen LogP contribution is -2.26. The molecule has 29 heavy (non-hydrogen) atoms. The third kappa shape index (κ3) is 4.47. The van der Waals surface area contributed by atoms with Crippen molar-refractivity contribution in [3.63, 3.8) is 0 Å². The molecule has 0 saturated carbocycles. The van der Waals surface area contributed by atoms with Crippen LogP contribution < -0.4 is 10.4 Å². The van der Waals surface area contributed by atoms with E-state index in [4.69, 9.17) is 9.47 Å². The number of fused-ring (bicyclic) bond motifs is 3. The summed E-state index contributed by atoms with van der Waals surface area (Å²) in [6, 6.07) is 6.22. The summed E-state index contributed by atoms with van der Waals surface area (Å²) in [6.07, 6.45) is 16.9. The number of hydrogen-bond donors (Lipinski definition) is 1. The van der Waals surface area contributed by atoms with Crippen molar-refractivity contribution in [2.75, 3.05) is 13.3 Å². The Morgan fingerprint density at radius 3 is 3.07 bits per heavy atom. The number of carbonyl (C=O) groups is 1. The number of rotatable bonds is 1. The van der Waals surface area contributed by atoms with Gasteiger partial charge in [0.1, 0.15) is 12.4 Å². The third-order valence-corrected chi connectivity index (χ3v) is 4.73. The number of carboxylic acid groups (broad SMARTS) is 1. The lowest BCUT2D eigenvalue weighted by Gasteiger charge is -2.20. The molecule has 4 bridgehead atoms. The van der Waals surface area contributed by atoms with Crippen molar-refractivity contribution in [1.82, 2.24) is 9.80 Å². The molecule has 0 fully saturated rings. The summed E-state index contributed by atoms with van der Waals surface area (Å²) >= 11 is 0. The lowest BCUT2D eigenvalue weighted by atomic mass is 10.1. The van der Waals surface area contributed by atoms with Gasteiger partial charge in [-0.05, 0) is 22.9 Å². The number of benzene rings is 1. The minimum Gasteiger partial charge on any atom is -0.477 e. The van der Waals surface area contributed by atoms with Crippen molar-refractivity contribution in [2.24, 2.45) is 4.99 Å². The first-order valence-corrected chi connectivity index (χ1v) is 9.25. The van der Waals surface area contributed by atoms with Gasteiger partial charge < -0.3 is 24.4 Å². The monoisotopic (exact) mass is 391 g/mol. The van der Waals surface area contributed by atoms with Crippen LogP contribution in [0.1, 0.15) is 5.56 Å². The molecule has 3 aliphatic heterocycles. The fourth-order valence-corrected chi connectivity index (χ4v) is 3.39. The number of aliphatic imine (C=N–C) groups is 1. The van der Waals surface area contributed by atoms with Crippen LogP contribution in [0.3, 0.4) is 0 Å². The van der Waals surface area contributed by atoms with Crippen molar-refractivity contribution in [3.05, 3.63) is 82.9 Å². The quantitative estimate of drug-likeness (QED) is 0.777. The Hall–Kier alpha value is -3.58. The second-order valence-electron chi connectivity index (χ2n) is 6.71. The molecule has 7 heteroatoms. The van der Waals surface area contributed by atoms with E-state index in [0.29, 0.717) is 13.3 Å². The molecule has 0 radical (unpaired) electrons. The van der Waals surface area contributed by atoms with Crippen molar-refractivity contribution < 1.29 is 19.4 Å². The van der Waals surface area contributed by atoms with Gasteiger partial charge in [-0.3, -0.25) is 0 Å². The van der Waals surface area contributed by atoms with E-state index < -0.39 is 5.97 Å². The minimum absolute atomic E-state index is 0.173. The van der Waals surface area contributed by atoms with Crippen LogP contribution in [-0.2, 0) is 20.8 Å². The van der Waals surface area contributed by atoms with E-state index in [1.807, 2.05) is 24.3 Å². The van der Waals surface area contributed by atoms with Gasteiger partial charge in [0, 0.05) is 30.4 Å². The molecule has 0 amide bonds. The highest BCUT2D eigenvalue weighted by molar-refractivity contribution is 5.86. The molecule has 0 saturated heterocycles. The van der Waals surface area contributed by atoms with Gasteiger partial charge in [0.15, 0.2) is 6.40 Å². The minimum atomic E-state index is -1.00. The second-order valence-corrected chi connectivity index (χ2v) is 6.71. The summed E-state index contributed by atoms with van der Waals surface area (Å²) in [5.74, 6) is -1.00. The summed E-state index contributed by atoms with van der Waals surface area (Å²) in [4.78, 5) is 19.2. The normalized spacial score (nSPS) is 25.3. The highest BCUT2D eigenvalue weighted by Gasteiger charge is 2.27. The lowest BCUT2D eigenvalue weighted by molar-refractivity contribution is -0.133.